The Labute approximate surface area is 147 Å². The number of halogens is 2. The number of hydrogen-bond donors (Lipinski definition) is 1. The van der Waals surface area contributed by atoms with Gasteiger partial charge in [0, 0.05) is 55.0 Å². The number of aryl methyl sites for hydroxylation is 2. The number of ether oxygens (including phenoxy) is 1. The van der Waals surface area contributed by atoms with E-state index in [9.17, 15) is 8.78 Å². The maximum absolute atomic E-state index is 13.9. The highest BCUT2D eigenvalue weighted by molar-refractivity contribution is 5.28. The van der Waals surface area contributed by atoms with E-state index in [2.05, 4.69) is 17.3 Å². The summed E-state index contributed by atoms with van der Waals surface area (Å²) in [7, 11) is 1.94. The second-order valence-corrected chi connectivity index (χ2v) is 6.84. The van der Waals surface area contributed by atoms with E-state index in [1.807, 2.05) is 25.6 Å². The van der Waals surface area contributed by atoms with Gasteiger partial charge in [-0.1, -0.05) is 6.07 Å². The lowest BCUT2D eigenvalue weighted by Gasteiger charge is -2.22. The fourth-order valence-electron chi connectivity index (χ4n) is 3.65. The molecule has 1 aromatic heterocycles. The summed E-state index contributed by atoms with van der Waals surface area (Å²) in [6.45, 7) is 7.37. The van der Waals surface area contributed by atoms with Crippen LogP contribution in [0.1, 0.15) is 48.0 Å². The van der Waals surface area contributed by atoms with Gasteiger partial charge in [0.05, 0.1) is 11.8 Å². The molecule has 136 valence electrons. The Kier molecular flexibility index (Phi) is 5.20. The molecule has 0 amide bonds. The van der Waals surface area contributed by atoms with Gasteiger partial charge in [-0.25, -0.2) is 8.78 Å². The lowest BCUT2D eigenvalue weighted by molar-refractivity contribution is 0.0888. The predicted molar refractivity (Wildman–Crippen MR) is 92.3 cm³/mol. The van der Waals surface area contributed by atoms with Crippen molar-refractivity contribution in [3.05, 3.63) is 52.3 Å². The summed E-state index contributed by atoms with van der Waals surface area (Å²) in [6.07, 6.45) is 0.954. The van der Waals surface area contributed by atoms with Crippen molar-refractivity contribution in [2.24, 2.45) is 13.0 Å². The Morgan fingerprint density at radius 1 is 1.36 bits per heavy atom. The van der Waals surface area contributed by atoms with E-state index < -0.39 is 11.6 Å². The van der Waals surface area contributed by atoms with E-state index >= 15 is 0 Å². The zero-order chi connectivity index (χ0) is 18.1. The second kappa shape index (κ2) is 7.22. The van der Waals surface area contributed by atoms with Gasteiger partial charge in [0.2, 0.25) is 0 Å². The monoisotopic (exact) mass is 349 g/mol. The summed E-state index contributed by atoms with van der Waals surface area (Å²) in [5, 5.41) is 7.86. The minimum atomic E-state index is -0.555. The van der Waals surface area contributed by atoms with E-state index in [-0.39, 0.29) is 12.1 Å². The molecule has 1 N–H and O–H groups in total. The van der Waals surface area contributed by atoms with Gasteiger partial charge in [-0.3, -0.25) is 4.68 Å². The van der Waals surface area contributed by atoms with Gasteiger partial charge < -0.3 is 10.1 Å². The van der Waals surface area contributed by atoms with Gasteiger partial charge >= 0.3 is 0 Å². The van der Waals surface area contributed by atoms with Crippen LogP contribution in [0, 0.1) is 31.4 Å². The number of hydrogen-bond acceptors (Lipinski definition) is 3. The maximum Gasteiger partial charge on any atom is 0.130 e. The molecule has 0 aliphatic carbocycles. The van der Waals surface area contributed by atoms with Crippen LogP contribution in [0.2, 0.25) is 0 Å². The molecule has 1 aliphatic rings. The van der Waals surface area contributed by atoms with Crippen LogP contribution in [0.25, 0.3) is 0 Å². The van der Waals surface area contributed by atoms with Gasteiger partial charge in [0.25, 0.3) is 0 Å². The van der Waals surface area contributed by atoms with E-state index in [4.69, 9.17) is 4.74 Å². The highest BCUT2D eigenvalue weighted by Gasteiger charge is 2.33. The van der Waals surface area contributed by atoms with Crippen LogP contribution in [0.3, 0.4) is 0 Å². The van der Waals surface area contributed by atoms with E-state index in [1.54, 1.807) is 0 Å². The predicted octanol–water partition coefficient (Wildman–Crippen LogP) is 3.74. The number of benzene rings is 1. The zero-order valence-electron chi connectivity index (χ0n) is 15.1. The van der Waals surface area contributed by atoms with Crippen LogP contribution < -0.4 is 5.32 Å². The Morgan fingerprint density at radius 2 is 2.12 bits per heavy atom. The topological polar surface area (TPSA) is 39.1 Å². The quantitative estimate of drug-likeness (QED) is 0.894. The Morgan fingerprint density at radius 3 is 2.76 bits per heavy atom. The standard InChI is InChI=1S/C19H25F2N3O/c1-11(16-6-5-15(20)9-17(16)21)22-10-14-7-8-25-19(14)18-12(2)23-24(4)13(18)3/h5-6,9,11,14,19,22H,7-8,10H2,1-4H3/t11-,14-,19+/m0/s1. The van der Waals surface area contributed by atoms with Gasteiger partial charge in [-0.05, 0) is 33.3 Å². The molecule has 1 fully saturated rings. The molecule has 0 bridgehead atoms. The highest BCUT2D eigenvalue weighted by Crippen LogP contribution is 2.37. The average Bonchev–Trinajstić information content (AvgIpc) is 3.09. The number of nitrogens with zero attached hydrogens (tertiary/aromatic N) is 2. The van der Waals surface area contributed by atoms with Crippen molar-refractivity contribution in [3.63, 3.8) is 0 Å². The fraction of sp³-hybridized carbons (Fsp3) is 0.526. The van der Waals surface area contributed by atoms with Crippen molar-refractivity contribution in [2.45, 2.75) is 39.3 Å². The molecular formula is C19H25F2N3O. The molecule has 4 nitrogen and oxygen atoms in total. The van der Waals surface area contributed by atoms with Crippen LogP contribution >= 0.6 is 0 Å². The zero-order valence-corrected chi connectivity index (χ0v) is 15.1. The van der Waals surface area contributed by atoms with Crippen LogP contribution in [0.4, 0.5) is 8.78 Å². The fourth-order valence-corrected chi connectivity index (χ4v) is 3.65. The van der Waals surface area contributed by atoms with Crippen molar-refractivity contribution in [1.29, 1.82) is 0 Å². The molecular weight excluding hydrogens is 324 g/mol. The normalized spacial score (nSPS) is 21.7. The van der Waals surface area contributed by atoms with E-state index in [0.717, 1.165) is 29.4 Å². The van der Waals surface area contributed by atoms with Gasteiger partial charge in [-0.15, -0.1) is 0 Å². The molecule has 0 unspecified atom stereocenters. The van der Waals surface area contributed by atoms with Crippen molar-refractivity contribution >= 4 is 0 Å². The van der Waals surface area contributed by atoms with E-state index in [1.165, 1.54) is 12.1 Å². The molecule has 0 saturated carbocycles. The third-order valence-corrected chi connectivity index (χ3v) is 5.18. The highest BCUT2D eigenvalue weighted by atomic mass is 19.1. The number of rotatable bonds is 5. The molecule has 2 aromatic rings. The third-order valence-electron chi connectivity index (χ3n) is 5.18. The first-order valence-electron chi connectivity index (χ1n) is 8.68. The van der Waals surface area contributed by atoms with Gasteiger partial charge in [0.1, 0.15) is 11.6 Å². The second-order valence-electron chi connectivity index (χ2n) is 6.84. The van der Waals surface area contributed by atoms with Crippen molar-refractivity contribution in [3.8, 4) is 0 Å². The van der Waals surface area contributed by atoms with Crippen molar-refractivity contribution < 1.29 is 13.5 Å². The first-order chi connectivity index (χ1) is 11.9. The first-order valence-corrected chi connectivity index (χ1v) is 8.68. The molecule has 0 spiro atoms. The molecule has 25 heavy (non-hydrogen) atoms. The van der Waals surface area contributed by atoms with Gasteiger partial charge in [-0.2, -0.15) is 5.10 Å². The molecule has 0 radical (unpaired) electrons. The molecule has 2 heterocycles. The minimum Gasteiger partial charge on any atom is -0.373 e. The summed E-state index contributed by atoms with van der Waals surface area (Å²) in [6, 6.07) is 3.52. The largest absolute Gasteiger partial charge is 0.373 e. The van der Waals surface area contributed by atoms with Crippen LogP contribution in [0.5, 0.6) is 0 Å². The summed E-state index contributed by atoms with van der Waals surface area (Å²) in [5.41, 5.74) is 3.75. The Hall–Kier alpha value is -1.79. The van der Waals surface area contributed by atoms with Crippen LogP contribution in [-0.2, 0) is 11.8 Å². The Balaban J connectivity index is 1.69. The van der Waals surface area contributed by atoms with Crippen molar-refractivity contribution in [1.82, 2.24) is 15.1 Å². The molecule has 1 saturated heterocycles. The average molecular weight is 349 g/mol. The lowest BCUT2D eigenvalue weighted by atomic mass is 9.93. The number of nitrogens with one attached hydrogen (secondary N) is 1. The van der Waals surface area contributed by atoms with Gasteiger partial charge in [0.15, 0.2) is 0 Å². The lowest BCUT2D eigenvalue weighted by Crippen LogP contribution is -2.28. The van der Waals surface area contributed by atoms with Crippen LogP contribution in [0.15, 0.2) is 18.2 Å². The maximum atomic E-state index is 13.9. The molecule has 3 atom stereocenters. The smallest absolute Gasteiger partial charge is 0.130 e. The summed E-state index contributed by atoms with van der Waals surface area (Å²) in [4.78, 5) is 0. The number of aromatic nitrogens is 2. The summed E-state index contributed by atoms with van der Waals surface area (Å²) < 4.78 is 34.9. The molecule has 3 rings (SSSR count). The SMILES string of the molecule is Cc1nn(C)c(C)c1[C@@H]1OCC[C@H]1CN[C@@H](C)c1ccc(F)cc1F. The van der Waals surface area contributed by atoms with E-state index in [0.29, 0.717) is 24.6 Å². The van der Waals surface area contributed by atoms with Crippen molar-refractivity contribution in [2.75, 3.05) is 13.2 Å². The Bertz CT molecular complexity index is 759. The third kappa shape index (κ3) is 3.60. The minimum absolute atomic E-state index is 0.00599. The molecule has 6 heteroatoms. The molecule has 1 aromatic carbocycles. The molecule has 1 aliphatic heterocycles. The summed E-state index contributed by atoms with van der Waals surface area (Å²) in [5.74, 6) is -0.772. The summed E-state index contributed by atoms with van der Waals surface area (Å²) >= 11 is 0. The van der Waals surface area contributed by atoms with Crippen LogP contribution in [-0.4, -0.2) is 22.9 Å². The first kappa shape index (κ1) is 18.0.